The number of hydrogen-bond acceptors (Lipinski definition) is 4. The maximum Gasteiger partial charge on any atom is 0.241 e. The minimum Gasteiger partial charge on any atom is -0.494 e. The van der Waals surface area contributed by atoms with Crippen molar-refractivity contribution >= 4 is 18.3 Å². The molecular weight excluding hydrogens is 340 g/mol. The summed E-state index contributed by atoms with van der Waals surface area (Å²) in [6.07, 6.45) is 4.36. The third-order valence-electron chi connectivity index (χ3n) is 4.67. The van der Waals surface area contributed by atoms with Crippen LogP contribution in [-0.2, 0) is 16.0 Å². The van der Waals surface area contributed by atoms with E-state index in [-0.39, 0.29) is 24.9 Å². The van der Waals surface area contributed by atoms with Crippen LogP contribution < -0.4 is 10.5 Å². The summed E-state index contributed by atoms with van der Waals surface area (Å²) in [5, 5.41) is 0. The van der Waals surface area contributed by atoms with Crippen LogP contribution in [0.3, 0.4) is 0 Å². The van der Waals surface area contributed by atoms with Crippen molar-refractivity contribution in [1.29, 1.82) is 0 Å². The number of methoxy groups -OCH3 is 1. The highest BCUT2D eigenvalue weighted by Crippen LogP contribution is 2.23. The van der Waals surface area contributed by atoms with Crippen LogP contribution in [0.1, 0.15) is 31.7 Å². The highest BCUT2D eigenvalue weighted by Gasteiger charge is 2.26. The van der Waals surface area contributed by atoms with Crippen LogP contribution in [0.25, 0.3) is 0 Å². The lowest BCUT2D eigenvalue weighted by molar-refractivity contribution is -0.135. The monoisotopic (exact) mass is 370 g/mol. The first-order valence-electron chi connectivity index (χ1n) is 8.89. The molecule has 1 aliphatic heterocycles. The van der Waals surface area contributed by atoms with Gasteiger partial charge in [0.25, 0.3) is 0 Å². The Morgan fingerprint density at radius 3 is 2.48 bits per heavy atom. The number of ether oxygens (including phenoxy) is 2. The van der Waals surface area contributed by atoms with E-state index < -0.39 is 6.04 Å². The van der Waals surface area contributed by atoms with Gasteiger partial charge in [-0.1, -0.05) is 12.1 Å². The van der Waals surface area contributed by atoms with Crippen LogP contribution in [0.5, 0.6) is 5.75 Å². The fraction of sp³-hybridized carbons (Fsp3) is 0.632. The summed E-state index contributed by atoms with van der Waals surface area (Å²) in [6.45, 7) is 4.60. The van der Waals surface area contributed by atoms with Gasteiger partial charge < -0.3 is 20.1 Å². The molecule has 0 saturated carbocycles. The second-order valence-electron chi connectivity index (χ2n) is 6.45. The molecule has 2 rings (SSSR count). The van der Waals surface area contributed by atoms with Crippen LogP contribution in [0.15, 0.2) is 24.3 Å². The quantitative estimate of drug-likeness (QED) is 0.764. The van der Waals surface area contributed by atoms with Crippen molar-refractivity contribution in [3.05, 3.63) is 29.8 Å². The van der Waals surface area contributed by atoms with Gasteiger partial charge in [-0.3, -0.25) is 4.79 Å². The molecular formula is C19H31ClN2O3. The fourth-order valence-corrected chi connectivity index (χ4v) is 3.22. The van der Waals surface area contributed by atoms with E-state index in [1.807, 2.05) is 24.0 Å². The maximum absolute atomic E-state index is 12.2. The van der Waals surface area contributed by atoms with Crippen molar-refractivity contribution in [2.24, 2.45) is 11.7 Å². The number of carbonyl (C=O) groups is 1. The molecule has 1 amide bonds. The van der Waals surface area contributed by atoms with Gasteiger partial charge in [-0.05, 0) is 56.2 Å². The predicted molar refractivity (Wildman–Crippen MR) is 102 cm³/mol. The molecule has 2 N–H and O–H groups in total. The average Bonchev–Trinajstić information content (AvgIpc) is 2.61. The van der Waals surface area contributed by atoms with E-state index in [0.717, 1.165) is 38.1 Å². The zero-order valence-electron chi connectivity index (χ0n) is 15.3. The number of nitrogens with two attached hydrogens (primary N) is 1. The summed E-state index contributed by atoms with van der Waals surface area (Å²) in [5.41, 5.74) is 7.18. The number of rotatable bonds is 8. The van der Waals surface area contributed by atoms with Crippen molar-refractivity contribution < 1.29 is 14.3 Å². The average molecular weight is 371 g/mol. The number of amides is 1. The third-order valence-corrected chi connectivity index (χ3v) is 4.67. The van der Waals surface area contributed by atoms with E-state index in [1.165, 1.54) is 12.0 Å². The van der Waals surface area contributed by atoms with Crippen molar-refractivity contribution in [3.8, 4) is 5.75 Å². The number of carbonyl (C=O) groups excluding carboxylic acids is 1. The molecule has 1 aliphatic rings. The Hall–Kier alpha value is -1.30. The number of nitrogens with zero attached hydrogens (tertiary/aromatic N) is 1. The summed E-state index contributed by atoms with van der Waals surface area (Å²) in [6, 6.07) is 7.84. The number of aryl methyl sites for hydroxylation is 1. The second-order valence-corrected chi connectivity index (χ2v) is 6.45. The van der Waals surface area contributed by atoms with Crippen molar-refractivity contribution in [1.82, 2.24) is 4.90 Å². The number of halogens is 1. The molecule has 1 unspecified atom stereocenters. The SMILES string of the molecule is CCOc1ccc(CCC2CCN(C(=O)C(N)COC)CC2)cc1.Cl. The normalized spacial score (nSPS) is 16.2. The zero-order valence-corrected chi connectivity index (χ0v) is 16.1. The lowest BCUT2D eigenvalue weighted by Crippen LogP contribution is -2.48. The molecule has 1 saturated heterocycles. The second kappa shape index (κ2) is 11.3. The lowest BCUT2D eigenvalue weighted by Gasteiger charge is -2.33. The Kier molecular flexibility index (Phi) is 9.86. The van der Waals surface area contributed by atoms with Gasteiger partial charge >= 0.3 is 0 Å². The first-order valence-corrected chi connectivity index (χ1v) is 8.89. The molecule has 0 aliphatic carbocycles. The van der Waals surface area contributed by atoms with Gasteiger partial charge in [0.2, 0.25) is 5.91 Å². The Morgan fingerprint density at radius 2 is 1.92 bits per heavy atom. The van der Waals surface area contributed by atoms with E-state index in [1.54, 1.807) is 7.11 Å². The zero-order chi connectivity index (χ0) is 17.4. The Labute approximate surface area is 157 Å². The van der Waals surface area contributed by atoms with Gasteiger partial charge in [0.05, 0.1) is 13.2 Å². The van der Waals surface area contributed by atoms with Crippen molar-refractivity contribution in [2.75, 3.05) is 33.4 Å². The molecule has 0 aromatic heterocycles. The van der Waals surface area contributed by atoms with Crippen LogP contribution in [0.2, 0.25) is 0 Å². The molecule has 6 heteroatoms. The number of benzene rings is 1. The summed E-state index contributed by atoms with van der Waals surface area (Å²) in [5.74, 6) is 1.63. The Morgan fingerprint density at radius 1 is 1.28 bits per heavy atom. The highest BCUT2D eigenvalue weighted by molar-refractivity contribution is 5.85. The van der Waals surface area contributed by atoms with E-state index in [4.69, 9.17) is 15.2 Å². The van der Waals surface area contributed by atoms with Gasteiger partial charge in [0.1, 0.15) is 11.8 Å². The van der Waals surface area contributed by atoms with Crippen LogP contribution in [0.4, 0.5) is 0 Å². The highest BCUT2D eigenvalue weighted by atomic mass is 35.5. The molecule has 5 nitrogen and oxygen atoms in total. The fourth-order valence-electron chi connectivity index (χ4n) is 3.22. The van der Waals surface area contributed by atoms with Gasteiger partial charge in [0, 0.05) is 20.2 Å². The largest absolute Gasteiger partial charge is 0.494 e. The first-order chi connectivity index (χ1) is 11.6. The molecule has 1 atom stereocenters. The number of hydrogen-bond donors (Lipinski definition) is 1. The molecule has 1 aromatic carbocycles. The predicted octanol–water partition coefficient (Wildman–Crippen LogP) is 2.65. The van der Waals surface area contributed by atoms with Crippen molar-refractivity contribution in [2.45, 2.75) is 38.6 Å². The van der Waals surface area contributed by atoms with Gasteiger partial charge in [-0.25, -0.2) is 0 Å². The minimum atomic E-state index is -0.532. The molecule has 1 aromatic rings. The molecule has 25 heavy (non-hydrogen) atoms. The van der Waals surface area contributed by atoms with Crippen LogP contribution in [0, 0.1) is 5.92 Å². The summed E-state index contributed by atoms with van der Waals surface area (Å²) in [7, 11) is 1.57. The number of likely N-dealkylation sites (tertiary alicyclic amines) is 1. The van der Waals surface area contributed by atoms with E-state index in [9.17, 15) is 4.79 Å². The van der Waals surface area contributed by atoms with E-state index >= 15 is 0 Å². The lowest BCUT2D eigenvalue weighted by atomic mass is 9.90. The maximum atomic E-state index is 12.2. The van der Waals surface area contributed by atoms with Crippen LogP contribution in [-0.4, -0.2) is 50.3 Å². The summed E-state index contributed by atoms with van der Waals surface area (Å²) < 4.78 is 10.4. The van der Waals surface area contributed by atoms with Gasteiger partial charge in [0.15, 0.2) is 0 Å². The smallest absolute Gasteiger partial charge is 0.241 e. The topological polar surface area (TPSA) is 64.8 Å². The standard InChI is InChI=1S/C19H30N2O3.ClH/c1-3-24-17-8-6-15(7-9-17)4-5-16-10-12-21(13-11-16)19(22)18(20)14-23-2;/h6-9,16,18H,3-5,10-14,20H2,1-2H3;1H. The summed E-state index contributed by atoms with van der Waals surface area (Å²) >= 11 is 0. The summed E-state index contributed by atoms with van der Waals surface area (Å²) in [4.78, 5) is 14.1. The van der Waals surface area contributed by atoms with E-state index in [2.05, 4.69) is 12.1 Å². The van der Waals surface area contributed by atoms with Crippen molar-refractivity contribution in [3.63, 3.8) is 0 Å². The molecule has 142 valence electrons. The Bertz CT molecular complexity index is 502. The Balaban J connectivity index is 0.00000312. The molecule has 1 heterocycles. The molecule has 0 spiro atoms. The number of piperidine rings is 1. The molecule has 1 fully saturated rings. The van der Waals surface area contributed by atoms with E-state index in [0.29, 0.717) is 12.5 Å². The minimum absolute atomic E-state index is 0. The van der Waals surface area contributed by atoms with Gasteiger partial charge in [-0.15, -0.1) is 12.4 Å². The molecule has 0 radical (unpaired) electrons. The first kappa shape index (κ1) is 21.7. The van der Waals surface area contributed by atoms with Gasteiger partial charge in [-0.2, -0.15) is 0 Å². The third kappa shape index (κ3) is 6.84. The molecule has 0 bridgehead atoms. The van der Waals surface area contributed by atoms with Crippen LogP contribution >= 0.6 is 12.4 Å².